The number of carbonyl (C=O) groups is 1. The molecule has 0 aromatic carbocycles. The van der Waals surface area contributed by atoms with Crippen molar-refractivity contribution in [1.29, 1.82) is 0 Å². The van der Waals surface area contributed by atoms with Gasteiger partial charge in [-0.1, -0.05) is 58.4 Å². The highest BCUT2D eigenvalue weighted by Gasteiger charge is 1.97. The van der Waals surface area contributed by atoms with Crippen molar-refractivity contribution in [2.24, 2.45) is 0 Å². The van der Waals surface area contributed by atoms with Crippen molar-refractivity contribution >= 4 is 5.97 Å². The molecule has 0 aromatic heterocycles. The Bertz CT molecular complexity index is 406. The molecule has 0 bridgehead atoms. The molecule has 0 saturated carbocycles. The van der Waals surface area contributed by atoms with Crippen LogP contribution in [0.4, 0.5) is 0 Å². The van der Waals surface area contributed by atoms with Crippen molar-refractivity contribution in [3.8, 4) is 0 Å². The first-order valence-corrected chi connectivity index (χ1v) is 12.6. The molecule has 0 spiro atoms. The van der Waals surface area contributed by atoms with Crippen LogP contribution in [-0.4, -0.2) is 91.9 Å². The number of esters is 1. The summed E-state index contributed by atoms with van der Waals surface area (Å²) < 4.78 is 37.4. The van der Waals surface area contributed by atoms with Gasteiger partial charge < -0.3 is 33.2 Å². The van der Waals surface area contributed by atoms with Crippen molar-refractivity contribution in [1.82, 2.24) is 0 Å². The molecule has 0 atom stereocenters. The molecule has 8 nitrogen and oxygen atoms in total. The average Bonchev–Trinajstić information content (AvgIpc) is 2.83. The molecule has 0 unspecified atom stereocenters. The summed E-state index contributed by atoms with van der Waals surface area (Å²) in [4.78, 5) is 10.8. The van der Waals surface area contributed by atoms with E-state index in [1.807, 2.05) is 0 Å². The first-order valence-electron chi connectivity index (χ1n) is 12.6. The summed E-state index contributed by atoms with van der Waals surface area (Å²) in [6.45, 7) is 12.3. The number of hydrogen-bond acceptors (Lipinski definition) is 8. The quantitative estimate of drug-likeness (QED) is 0.0954. The smallest absolute Gasteiger partial charge is 0.330 e. The second-order valence-corrected chi connectivity index (χ2v) is 7.52. The molecule has 0 aliphatic rings. The molecule has 0 aliphatic carbocycles. The standard InChI is InChI=1S/C25H48O8/c1-3-5-6-7-8-9-10-11-12-27-13-14-28-15-16-29-17-18-30-19-20-31-21-22-32-23-24-33-25(26)4-2/h4H,2-3,5-24H2,1H3. The third-order valence-corrected chi connectivity index (χ3v) is 4.64. The summed E-state index contributed by atoms with van der Waals surface area (Å²) in [5, 5.41) is 0. The second kappa shape index (κ2) is 29.0. The van der Waals surface area contributed by atoms with E-state index in [0.717, 1.165) is 19.1 Å². The van der Waals surface area contributed by atoms with Gasteiger partial charge in [0, 0.05) is 12.7 Å². The second-order valence-electron chi connectivity index (χ2n) is 7.52. The first-order chi connectivity index (χ1) is 16.3. The Hall–Kier alpha value is -1.03. The maximum absolute atomic E-state index is 10.8. The fourth-order valence-corrected chi connectivity index (χ4v) is 2.80. The average molecular weight is 477 g/mol. The van der Waals surface area contributed by atoms with Crippen LogP contribution in [0.5, 0.6) is 0 Å². The highest BCUT2D eigenvalue weighted by atomic mass is 16.6. The molecule has 0 heterocycles. The van der Waals surface area contributed by atoms with Crippen molar-refractivity contribution in [2.75, 3.05) is 85.9 Å². The third kappa shape index (κ3) is 28.9. The Labute approximate surface area is 201 Å². The molecule has 33 heavy (non-hydrogen) atoms. The van der Waals surface area contributed by atoms with Crippen LogP contribution in [0.1, 0.15) is 58.3 Å². The number of unbranched alkanes of at least 4 members (excludes halogenated alkanes) is 7. The lowest BCUT2D eigenvalue weighted by Gasteiger charge is -2.08. The van der Waals surface area contributed by atoms with Crippen LogP contribution < -0.4 is 0 Å². The monoisotopic (exact) mass is 476 g/mol. The van der Waals surface area contributed by atoms with Gasteiger partial charge in [0.15, 0.2) is 0 Å². The minimum atomic E-state index is -0.447. The lowest BCUT2D eigenvalue weighted by atomic mass is 10.1. The zero-order valence-electron chi connectivity index (χ0n) is 20.9. The topological polar surface area (TPSA) is 81.7 Å². The van der Waals surface area contributed by atoms with Crippen LogP contribution >= 0.6 is 0 Å². The first kappa shape index (κ1) is 32.0. The molecule has 0 aromatic rings. The Kier molecular flexibility index (Phi) is 28.1. The van der Waals surface area contributed by atoms with Crippen molar-refractivity contribution in [3.63, 3.8) is 0 Å². The summed E-state index contributed by atoms with van der Waals surface area (Å²) in [5.41, 5.74) is 0. The van der Waals surface area contributed by atoms with Crippen LogP contribution in [0.2, 0.25) is 0 Å². The molecular formula is C25H48O8. The lowest BCUT2D eigenvalue weighted by Crippen LogP contribution is -2.15. The molecule has 0 aliphatic heterocycles. The molecule has 0 amide bonds. The van der Waals surface area contributed by atoms with Gasteiger partial charge in [0.25, 0.3) is 0 Å². The van der Waals surface area contributed by atoms with Gasteiger partial charge in [0.1, 0.15) is 6.61 Å². The number of rotatable bonds is 28. The van der Waals surface area contributed by atoms with Crippen molar-refractivity contribution in [3.05, 3.63) is 12.7 Å². The zero-order valence-corrected chi connectivity index (χ0v) is 20.9. The van der Waals surface area contributed by atoms with E-state index >= 15 is 0 Å². The summed E-state index contributed by atoms with van der Waals surface area (Å²) in [5.74, 6) is -0.447. The van der Waals surface area contributed by atoms with Crippen molar-refractivity contribution in [2.45, 2.75) is 58.3 Å². The zero-order chi connectivity index (χ0) is 24.1. The fraction of sp³-hybridized carbons (Fsp3) is 0.880. The van der Waals surface area contributed by atoms with Gasteiger partial charge in [-0.3, -0.25) is 0 Å². The lowest BCUT2D eigenvalue weighted by molar-refractivity contribution is -0.139. The summed E-state index contributed by atoms with van der Waals surface area (Å²) in [6, 6.07) is 0. The number of hydrogen-bond donors (Lipinski definition) is 0. The molecular weight excluding hydrogens is 428 g/mol. The van der Waals surface area contributed by atoms with E-state index in [2.05, 4.69) is 13.5 Å². The van der Waals surface area contributed by atoms with Gasteiger partial charge in [0.2, 0.25) is 0 Å². The fourth-order valence-electron chi connectivity index (χ4n) is 2.80. The number of ether oxygens (including phenoxy) is 7. The normalized spacial score (nSPS) is 11.1. The molecule has 196 valence electrons. The Morgan fingerprint density at radius 1 is 0.515 bits per heavy atom. The minimum Gasteiger partial charge on any atom is -0.460 e. The Morgan fingerprint density at radius 3 is 1.24 bits per heavy atom. The van der Waals surface area contributed by atoms with Crippen molar-refractivity contribution < 1.29 is 38.0 Å². The Morgan fingerprint density at radius 2 is 0.848 bits per heavy atom. The molecule has 0 radical (unpaired) electrons. The van der Waals surface area contributed by atoms with Crippen LogP contribution in [0.25, 0.3) is 0 Å². The highest BCUT2D eigenvalue weighted by molar-refractivity contribution is 5.81. The Balaban J connectivity index is 3.02. The van der Waals surface area contributed by atoms with E-state index in [9.17, 15) is 4.79 Å². The predicted molar refractivity (Wildman–Crippen MR) is 129 cm³/mol. The minimum absolute atomic E-state index is 0.214. The van der Waals surface area contributed by atoms with Gasteiger partial charge in [-0.05, 0) is 6.42 Å². The van der Waals surface area contributed by atoms with E-state index in [1.165, 1.54) is 44.9 Å². The molecule has 0 fully saturated rings. The summed E-state index contributed by atoms with van der Waals surface area (Å²) >= 11 is 0. The van der Waals surface area contributed by atoms with Crippen LogP contribution in [0.15, 0.2) is 12.7 Å². The van der Waals surface area contributed by atoms with Crippen LogP contribution in [-0.2, 0) is 38.0 Å². The van der Waals surface area contributed by atoms with Gasteiger partial charge in [-0.15, -0.1) is 0 Å². The van der Waals surface area contributed by atoms with E-state index in [4.69, 9.17) is 33.2 Å². The van der Waals surface area contributed by atoms with Gasteiger partial charge >= 0.3 is 5.97 Å². The summed E-state index contributed by atoms with van der Waals surface area (Å²) in [6.07, 6.45) is 11.7. The van der Waals surface area contributed by atoms with E-state index in [1.54, 1.807) is 0 Å². The largest absolute Gasteiger partial charge is 0.460 e. The van der Waals surface area contributed by atoms with E-state index in [-0.39, 0.29) is 6.61 Å². The molecule has 8 heteroatoms. The number of carbonyl (C=O) groups excluding carboxylic acids is 1. The molecule has 0 N–H and O–H groups in total. The maximum Gasteiger partial charge on any atom is 0.330 e. The van der Waals surface area contributed by atoms with Crippen LogP contribution in [0.3, 0.4) is 0 Å². The molecule has 0 rings (SSSR count). The third-order valence-electron chi connectivity index (χ3n) is 4.64. The molecule has 0 saturated heterocycles. The van der Waals surface area contributed by atoms with Gasteiger partial charge in [-0.25, -0.2) is 4.79 Å². The van der Waals surface area contributed by atoms with E-state index < -0.39 is 5.97 Å². The van der Waals surface area contributed by atoms with Gasteiger partial charge in [-0.2, -0.15) is 0 Å². The maximum atomic E-state index is 10.8. The predicted octanol–water partition coefficient (Wildman–Crippen LogP) is 3.96. The summed E-state index contributed by atoms with van der Waals surface area (Å²) in [7, 11) is 0. The van der Waals surface area contributed by atoms with Gasteiger partial charge in [0.05, 0.1) is 72.7 Å². The highest BCUT2D eigenvalue weighted by Crippen LogP contribution is 2.08. The van der Waals surface area contributed by atoms with E-state index in [0.29, 0.717) is 72.7 Å². The van der Waals surface area contributed by atoms with Crippen LogP contribution in [0, 0.1) is 0 Å². The SMILES string of the molecule is C=CC(=O)OCCOCCOCCOCCOCCOCCOCCCCCCCCCC.